The second-order valence-corrected chi connectivity index (χ2v) is 2.83. The maximum Gasteiger partial charge on any atom is 0.00569 e. The van der Waals surface area contributed by atoms with E-state index in [1.165, 1.54) is 19.6 Å². The molecule has 0 aliphatic carbocycles. The predicted octanol–water partition coefficient (Wildman–Crippen LogP) is 1.68. The number of nitrogens with zero attached hydrogens (tertiary/aromatic N) is 1. The van der Waals surface area contributed by atoms with Gasteiger partial charge in [-0.25, -0.2) is 0 Å². The second-order valence-electron chi connectivity index (χ2n) is 2.83. The molecule has 0 aromatic heterocycles. The van der Waals surface area contributed by atoms with Crippen LogP contribution in [-0.4, -0.2) is 24.5 Å². The summed E-state index contributed by atoms with van der Waals surface area (Å²) in [7, 11) is 0. The topological polar surface area (TPSA) is 3.24 Å². The third-order valence-corrected chi connectivity index (χ3v) is 1.97. The summed E-state index contributed by atoms with van der Waals surface area (Å²) in [6, 6.07) is 0. The van der Waals surface area contributed by atoms with Gasteiger partial charge in [0.25, 0.3) is 0 Å². The molecule has 1 aliphatic rings. The fourth-order valence-corrected chi connectivity index (χ4v) is 1.22. The van der Waals surface area contributed by atoms with E-state index in [9.17, 15) is 0 Å². The van der Waals surface area contributed by atoms with Crippen molar-refractivity contribution < 1.29 is 0 Å². The van der Waals surface area contributed by atoms with Crippen LogP contribution in [0.5, 0.6) is 0 Å². The third-order valence-electron chi connectivity index (χ3n) is 1.97. The Hall–Kier alpha value is -0.560. The van der Waals surface area contributed by atoms with Crippen LogP contribution in [0.2, 0.25) is 0 Å². The fraction of sp³-hybridized carbons (Fsp3) is 0.556. The maximum atomic E-state index is 3.75. The van der Waals surface area contributed by atoms with E-state index in [-0.39, 0.29) is 0 Å². The maximum absolute atomic E-state index is 3.75. The van der Waals surface area contributed by atoms with Gasteiger partial charge in [-0.2, -0.15) is 0 Å². The Balaban J connectivity index is 2.02. The fourth-order valence-electron chi connectivity index (χ4n) is 1.22. The Labute approximate surface area is 63.0 Å². The minimum Gasteiger partial charge on any atom is -0.302 e. The Morgan fingerprint density at radius 2 is 2.10 bits per heavy atom. The molecule has 0 amide bonds. The first-order valence-electron chi connectivity index (χ1n) is 3.82. The summed E-state index contributed by atoms with van der Waals surface area (Å²) in [6.07, 6.45) is 5.13. The molecule has 1 fully saturated rings. The van der Waals surface area contributed by atoms with E-state index in [2.05, 4.69) is 18.1 Å². The van der Waals surface area contributed by atoms with Gasteiger partial charge in [0.2, 0.25) is 0 Å². The average molecular weight is 137 g/mol. The highest BCUT2D eigenvalue weighted by molar-refractivity contribution is 4.92. The molecule has 0 aromatic rings. The van der Waals surface area contributed by atoms with Gasteiger partial charge in [0, 0.05) is 25.6 Å². The quantitative estimate of drug-likeness (QED) is 0.533. The lowest BCUT2D eigenvalue weighted by atomic mass is 10.0. The summed E-state index contributed by atoms with van der Waals surface area (Å²) in [5.41, 5.74) is 0. The Morgan fingerprint density at radius 1 is 1.40 bits per heavy atom. The summed E-state index contributed by atoms with van der Waals surface area (Å²) < 4.78 is 0. The predicted molar refractivity (Wildman–Crippen MR) is 44.9 cm³/mol. The molecule has 1 rings (SSSR count). The van der Waals surface area contributed by atoms with Crippen LogP contribution >= 0.6 is 0 Å². The molecule has 1 heteroatoms. The molecule has 0 aromatic carbocycles. The van der Waals surface area contributed by atoms with Crippen molar-refractivity contribution in [2.45, 2.75) is 6.42 Å². The molecule has 0 N–H and O–H groups in total. The molecular weight excluding hydrogens is 122 g/mol. The van der Waals surface area contributed by atoms with E-state index in [4.69, 9.17) is 0 Å². The minimum absolute atomic E-state index is 0.754. The summed E-state index contributed by atoms with van der Waals surface area (Å²) in [5, 5.41) is 0. The van der Waals surface area contributed by atoms with E-state index in [0.717, 1.165) is 12.3 Å². The molecule has 1 heterocycles. The van der Waals surface area contributed by atoms with Crippen LogP contribution in [0, 0.1) is 5.92 Å². The van der Waals surface area contributed by atoms with Crippen molar-refractivity contribution in [1.82, 2.24) is 4.90 Å². The van der Waals surface area contributed by atoms with Gasteiger partial charge in [0.15, 0.2) is 0 Å². The molecule has 1 saturated heterocycles. The van der Waals surface area contributed by atoms with Gasteiger partial charge < -0.3 is 4.90 Å². The van der Waals surface area contributed by atoms with Crippen LogP contribution in [0.25, 0.3) is 0 Å². The van der Waals surface area contributed by atoms with Crippen LogP contribution in [-0.2, 0) is 0 Å². The van der Waals surface area contributed by atoms with E-state index in [0.29, 0.717) is 0 Å². The standard InChI is InChI=1S/C9H15N/c1-3-5-6-10-7-9(4-2)8-10/h3-4,9H,1-2,5-8H2. The molecule has 56 valence electrons. The molecule has 0 spiro atoms. The first-order valence-corrected chi connectivity index (χ1v) is 3.82. The van der Waals surface area contributed by atoms with Crippen LogP contribution in [0.3, 0.4) is 0 Å². The van der Waals surface area contributed by atoms with E-state index < -0.39 is 0 Å². The van der Waals surface area contributed by atoms with Crippen molar-refractivity contribution in [2.75, 3.05) is 19.6 Å². The largest absolute Gasteiger partial charge is 0.302 e. The summed E-state index contributed by atoms with van der Waals surface area (Å²) in [5.74, 6) is 0.754. The van der Waals surface area contributed by atoms with Gasteiger partial charge in [0.1, 0.15) is 0 Å². The third kappa shape index (κ3) is 1.71. The number of rotatable bonds is 4. The highest BCUT2D eigenvalue weighted by Crippen LogP contribution is 2.15. The molecule has 10 heavy (non-hydrogen) atoms. The number of hydrogen-bond donors (Lipinski definition) is 0. The molecule has 0 radical (unpaired) electrons. The molecule has 1 aliphatic heterocycles. The molecular formula is C9H15N. The first kappa shape index (κ1) is 7.55. The van der Waals surface area contributed by atoms with Gasteiger partial charge in [-0.05, 0) is 6.42 Å². The molecule has 0 saturated carbocycles. The summed E-state index contributed by atoms with van der Waals surface area (Å²) in [6.45, 7) is 11.0. The molecule has 0 bridgehead atoms. The molecule has 0 unspecified atom stereocenters. The number of likely N-dealkylation sites (tertiary alicyclic amines) is 1. The Kier molecular flexibility index (Phi) is 2.69. The normalized spacial score (nSPS) is 20.0. The zero-order valence-electron chi connectivity index (χ0n) is 6.42. The van der Waals surface area contributed by atoms with Crippen molar-refractivity contribution in [3.63, 3.8) is 0 Å². The number of hydrogen-bond acceptors (Lipinski definition) is 1. The van der Waals surface area contributed by atoms with Crippen LogP contribution in [0.4, 0.5) is 0 Å². The first-order chi connectivity index (χ1) is 4.86. The smallest absolute Gasteiger partial charge is 0.00569 e. The van der Waals surface area contributed by atoms with Crippen molar-refractivity contribution >= 4 is 0 Å². The summed E-state index contributed by atoms with van der Waals surface area (Å²) in [4.78, 5) is 2.42. The zero-order valence-corrected chi connectivity index (χ0v) is 6.42. The van der Waals surface area contributed by atoms with E-state index in [1.54, 1.807) is 0 Å². The highest BCUT2D eigenvalue weighted by Gasteiger charge is 2.22. The van der Waals surface area contributed by atoms with Crippen LogP contribution < -0.4 is 0 Å². The lowest BCUT2D eigenvalue weighted by Gasteiger charge is -2.37. The SMILES string of the molecule is C=CCCN1CC(C=C)C1. The lowest BCUT2D eigenvalue weighted by Crippen LogP contribution is -2.45. The van der Waals surface area contributed by atoms with Crippen molar-refractivity contribution in [3.05, 3.63) is 25.3 Å². The average Bonchev–Trinajstić information content (AvgIpc) is 1.86. The molecule has 1 nitrogen and oxygen atoms in total. The van der Waals surface area contributed by atoms with Gasteiger partial charge in [-0.3, -0.25) is 0 Å². The zero-order chi connectivity index (χ0) is 7.40. The Morgan fingerprint density at radius 3 is 2.60 bits per heavy atom. The van der Waals surface area contributed by atoms with E-state index >= 15 is 0 Å². The van der Waals surface area contributed by atoms with Gasteiger partial charge in [0.05, 0.1) is 0 Å². The van der Waals surface area contributed by atoms with Crippen molar-refractivity contribution in [1.29, 1.82) is 0 Å². The minimum atomic E-state index is 0.754. The second kappa shape index (κ2) is 3.57. The highest BCUT2D eigenvalue weighted by atomic mass is 15.2. The van der Waals surface area contributed by atoms with Crippen LogP contribution in [0.1, 0.15) is 6.42 Å². The van der Waals surface area contributed by atoms with Crippen molar-refractivity contribution in [2.24, 2.45) is 5.92 Å². The monoisotopic (exact) mass is 137 g/mol. The van der Waals surface area contributed by atoms with Gasteiger partial charge in [-0.1, -0.05) is 12.2 Å². The van der Waals surface area contributed by atoms with Gasteiger partial charge >= 0.3 is 0 Å². The van der Waals surface area contributed by atoms with Crippen molar-refractivity contribution in [3.8, 4) is 0 Å². The van der Waals surface area contributed by atoms with Crippen LogP contribution in [0.15, 0.2) is 25.3 Å². The van der Waals surface area contributed by atoms with Gasteiger partial charge in [-0.15, -0.1) is 13.2 Å². The molecule has 0 atom stereocenters. The lowest BCUT2D eigenvalue weighted by molar-refractivity contribution is 0.134. The Bertz CT molecular complexity index is 120. The summed E-state index contributed by atoms with van der Waals surface area (Å²) >= 11 is 0. The van der Waals surface area contributed by atoms with E-state index in [1.807, 2.05) is 12.2 Å².